The van der Waals surface area contributed by atoms with Gasteiger partial charge in [-0.1, -0.05) is 11.6 Å². The van der Waals surface area contributed by atoms with Crippen LogP contribution >= 0.6 is 19.4 Å². The van der Waals surface area contributed by atoms with E-state index in [4.69, 9.17) is 21.4 Å². The molecule has 0 amide bonds. The summed E-state index contributed by atoms with van der Waals surface area (Å²) in [5.74, 6) is -0.819. The number of carbonyl (C=O) groups excluding carboxylic acids is 1. The van der Waals surface area contributed by atoms with Crippen LogP contribution in [-0.2, 0) is 15.7 Å². The molecule has 16 heteroatoms. The molecule has 0 spiro atoms. The van der Waals surface area contributed by atoms with Crippen molar-refractivity contribution in [2.75, 3.05) is 0 Å². The molecule has 2 aromatic rings. The van der Waals surface area contributed by atoms with Crippen molar-refractivity contribution in [2.24, 2.45) is 10.2 Å². The molecule has 0 saturated carbocycles. The van der Waals surface area contributed by atoms with Gasteiger partial charge in [0.1, 0.15) is 11.4 Å². The van der Waals surface area contributed by atoms with Gasteiger partial charge in [0.2, 0.25) is 0 Å². The van der Waals surface area contributed by atoms with Crippen molar-refractivity contribution in [3.8, 4) is 5.75 Å². The van der Waals surface area contributed by atoms with Gasteiger partial charge in [-0.15, -0.1) is 10.2 Å². The van der Waals surface area contributed by atoms with E-state index in [0.717, 1.165) is 12.1 Å². The summed E-state index contributed by atoms with van der Waals surface area (Å²) in [6, 6.07) is 3.44. The molecule has 0 bridgehead atoms. The summed E-state index contributed by atoms with van der Waals surface area (Å²) in [5.41, 5.74) is -0.988. The molecule has 1 aromatic heterocycles. The molecule has 0 aliphatic heterocycles. The van der Waals surface area contributed by atoms with Crippen molar-refractivity contribution in [1.29, 1.82) is 0 Å². The van der Waals surface area contributed by atoms with Gasteiger partial charge in [0, 0.05) is 17.7 Å². The summed E-state index contributed by atoms with van der Waals surface area (Å²) in [7, 11) is -4.90. The number of aromatic nitrogens is 1. The van der Waals surface area contributed by atoms with Crippen LogP contribution in [0.5, 0.6) is 5.75 Å². The number of azo groups is 1. The van der Waals surface area contributed by atoms with Gasteiger partial charge in [-0.2, -0.15) is 0 Å². The Kier molecular flexibility index (Phi) is 12.0. The van der Waals surface area contributed by atoms with E-state index < -0.39 is 25.1 Å². The standard InChI is InChI=1S/C14H12ClN4O8P.2Na.2H/c1-7-13(21)9(5-20)10(6-27-28(24,25)26)14(16-7)18-17-12-4-8(19(22)23)2-3-11(12)15;;;;/h2-5,21H,6H2,1H3,(H2,24,25,26);;;;/b18-17+;;;;. The fraction of sp³-hybridized carbons (Fsp3) is 0.143. The Morgan fingerprint density at radius 3 is 2.50 bits per heavy atom. The van der Waals surface area contributed by atoms with Gasteiger partial charge in [-0.05, 0) is 13.0 Å². The van der Waals surface area contributed by atoms with Crippen LogP contribution in [0.2, 0.25) is 5.02 Å². The molecular weight excluding hydrogens is 465 g/mol. The number of phosphoric ester groups is 1. The predicted octanol–water partition coefficient (Wildman–Crippen LogP) is 2.20. The normalized spacial score (nSPS) is 10.9. The second kappa shape index (κ2) is 12.3. The summed E-state index contributed by atoms with van der Waals surface area (Å²) in [4.78, 5) is 43.2. The molecule has 12 nitrogen and oxygen atoms in total. The molecular formula is C14H14ClN4Na2O8P. The van der Waals surface area contributed by atoms with Crippen molar-refractivity contribution >= 4 is 102 Å². The molecule has 0 unspecified atom stereocenters. The molecule has 152 valence electrons. The molecule has 0 aliphatic rings. The van der Waals surface area contributed by atoms with Gasteiger partial charge in [0.05, 0.1) is 27.8 Å². The van der Waals surface area contributed by atoms with Crippen molar-refractivity contribution < 1.29 is 33.7 Å². The van der Waals surface area contributed by atoms with Gasteiger partial charge >= 0.3 is 66.9 Å². The zero-order chi connectivity index (χ0) is 21.1. The van der Waals surface area contributed by atoms with E-state index in [2.05, 4.69) is 19.7 Å². The van der Waals surface area contributed by atoms with Crippen LogP contribution in [0, 0.1) is 17.0 Å². The molecule has 0 radical (unpaired) electrons. The van der Waals surface area contributed by atoms with E-state index in [1.165, 1.54) is 13.0 Å². The Morgan fingerprint density at radius 1 is 1.33 bits per heavy atom. The Hall–Kier alpha value is -0.760. The molecule has 1 heterocycles. The molecule has 30 heavy (non-hydrogen) atoms. The number of nitro benzene ring substituents is 1. The number of benzene rings is 1. The third-order valence-electron chi connectivity index (χ3n) is 3.35. The third-order valence-corrected chi connectivity index (χ3v) is 4.14. The molecule has 1 aromatic carbocycles. The summed E-state index contributed by atoms with van der Waals surface area (Å²) in [5, 5.41) is 28.3. The summed E-state index contributed by atoms with van der Waals surface area (Å²) in [6.45, 7) is 0.547. The quantitative estimate of drug-likeness (QED) is 0.134. The summed E-state index contributed by atoms with van der Waals surface area (Å²) < 4.78 is 15.3. The summed E-state index contributed by atoms with van der Waals surface area (Å²) in [6.07, 6.45) is 0.238. The topological polar surface area (TPSA) is 185 Å². The molecule has 2 rings (SSSR count). The second-order valence-corrected chi connectivity index (χ2v) is 6.88. The zero-order valence-corrected chi connectivity index (χ0v) is 15.7. The minimum atomic E-state index is -4.90. The maximum absolute atomic E-state index is 11.3. The van der Waals surface area contributed by atoms with Crippen LogP contribution in [0.4, 0.5) is 17.2 Å². The number of non-ortho nitro benzene ring substituents is 1. The predicted molar refractivity (Wildman–Crippen MR) is 109 cm³/mol. The van der Waals surface area contributed by atoms with Crippen LogP contribution in [0.15, 0.2) is 28.4 Å². The molecule has 0 atom stereocenters. The first-order chi connectivity index (χ1) is 13.0. The van der Waals surface area contributed by atoms with Crippen molar-refractivity contribution in [1.82, 2.24) is 4.98 Å². The van der Waals surface area contributed by atoms with E-state index in [-0.39, 0.29) is 104 Å². The number of hydrogen-bond donors (Lipinski definition) is 3. The van der Waals surface area contributed by atoms with E-state index >= 15 is 0 Å². The maximum atomic E-state index is 11.3. The average Bonchev–Trinajstić information content (AvgIpc) is 2.61. The van der Waals surface area contributed by atoms with Crippen molar-refractivity contribution in [3.63, 3.8) is 0 Å². The Balaban J connectivity index is 0.00000420. The first-order valence-corrected chi connectivity index (χ1v) is 9.17. The number of aryl methyl sites for hydroxylation is 1. The number of pyridine rings is 1. The van der Waals surface area contributed by atoms with E-state index in [0.29, 0.717) is 0 Å². The number of halogens is 1. The number of nitro groups is 1. The van der Waals surface area contributed by atoms with Crippen LogP contribution < -0.4 is 0 Å². The van der Waals surface area contributed by atoms with Crippen molar-refractivity contribution in [2.45, 2.75) is 13.5 Å². The summed E-state index contributed by atoms with van der Waals surface area (Å²) >= 11 is 5.92. The molecule has 3 N–H and O–H groups in total. The number of hydrogen-bond acceptors (Lipinski definition) is 9. The van der Waals surface area contributed by atoms with Crippen molar-refractivity contribution in [3.05, 3.63) is 50.2 Å². The van der Waals surface area contributed by atoms with E-state index in [1.54, 1.807) is 0 Å². The third kappa shape index (κ3) is 7.74. The fourth-order valence-corrected chi connectivity index (χ4v) is 2.48. The molecule has 0 saturated heterocycles. The number of aldehydes is 1. The molecule has 0 fully saturated rings. The van der Waals surface area contributed by atoms with Crippen LogP contribution in [-0.4, -0.2) is 90.2 Å². The van der Waals surface area contributed by atoms with Crippen LogP contribution in [0.1, 0.15) is 21.6 Å². The number of phosphoric acid groups is 1. The van der Waals surface area contributed by atoms with Gasteiger partial charge in [-0.3, -0.25) is 19.4 Å². The van der Waals surface area contributed by atoms with Gasteiger partial charge in [0.15, 0.2) is 12.1 Å². The number of carbonyl (C=O) groups is 1. The Bertz CT molecular complexity index is 1030. The minimum absolute atomic E-state index is 0. The Morgan fingerprint density at radius 2 is 1.97 bits per heavy atom. The van der Waals surface area contributed by atoms with Crippen LogP contribution in [0.25, 0.3) is 0 Å². The fourth-order valence-electron chi connectivity index (χ4n) is 2.03. The zero-order valence-electron chi connectivity index (χ0n) is 14.0. The van der Waals surface area contributed by atoms with E-state index in [9.17, 15) is 24.6 Å². The second-order valence-electron chi connectivity index (χ2n) is 5.24. The number of rotatable bonds is 7. The molecule has 0 aliphatic carbocycles. The first-order valence-electron chi connectivity index (χ1n) is 7.27. The van der Waals surface area contributed by atoms with Crippen LogP contribution in [0.3, 0.4) is 0 Å². The van der Waals surface area contributed by atoms with Gasteiger partial charge in [0.25, 0.3) is 5.69 Å². The Labute approximate surface area is 218 Å². The SMILES string of the molecule is Cc1nc(/N=N/c2cc([N+](=O)[O-])ccc2Cl)c(COP(=O)(O)O)c(C=O)c1O.[NaH].[NaH]. The first kappa shape index (κ1) is 29.2. The van der Waals surface area contributed by atoms with Gasteiger partial charge < -0.3 is 14.9 Å². The average molecular weight is 479 g/mol. The van der Waals surface area contributed by atoms with E-state index in [1.807, 2.05) is 0 Å². The monoisotopic (exact) mass is 478 g/mol. The van der Waals surface area contributed by atoms with Gasteiger partial charge in [-0.25, -0.2) is 9.55 Å². The number of aromatic hydroxyl groups is 1. The number of nitrogens with zero attached hydrogens (tertiary/aromatic N) is 4.